The normalized spacial score (nSPS) is 18.4. The molecule has 1 saturated carbocycles. The molecule has 0 radical (unpaired) electrons. The lowest BCUT2D eigenvalue weighted by atomic mass is 9.70. The fourth-order valence-corrected chi connectivity index (χ4v) is 2.36. The van der Waals surface area contributed by atoms with Crippen LogP contribution in [-0.2, 0) is 6.54 Å². The largest absolute Gasteiger partial charge is 0.409 e. The lowest BCUT2D eigenvalue weighted by molar-refractivity contribution is 0.156. The molecule has 1 aromatic carbocycles. The summed E-state index contributed by atoms with van der Waals surface area (Å²) in [7, 11) is 0. The molecule has 4 heteroatoms. The van der Waals surface area contributed by atoms with Gasteiger partial charge < -0.3 is 16.3 Å². The molecule has 4 N–H and O–H groups in total. The van der Waals surface area contributed by atoms with Gasteiger partial charge in [0.15, 0.2) is 5.84 Å². The third kappa shape index (κ3) is 3.01. The minimum Gasteiger partial charge on any atom is -0.409 e. The van der Waals surface area contributed by atoms with Crippen molar-refractivity contribution in [3.63, 3.8) is 0 Å². The van der Waals surface area contributed by atoms with Crippen LogP contribution >= 0.6 is 0 Å². The van der Waals surface area contributed by atoms with E-state index in [1.54, 1.807) is 0 Å². The molecular formula is C14H21N3O. The van der Waals surface area contributed by atoms with Gasteiger partial charge in [-0.15, -0.1) is 0 Å². The van der Waals surface area contributed by atoms with Gasteiger partial charge in [-0.3, -0.25) is 0 Å². The molecule has 1 aliphatic carbocycles. The van der Waals surface area contributed by atoms with Crippen LogP contribution < -0.4 is 11.1 Å². The van der Waals surface area contributed by atoms with Crippen LogP contribution in [0.5, 0.6) is 0 Å². The predicted molar refractivity (Wildman–Crippen MR) is 72.6 cm³/mol. The quantitative estimate of drug-likeness (QED) is 0.323. The fourth-order valence-electron chi connectivity index (χ4n) is 2.36. The first-order valence-electron chi connectivity index (χ1n) is 6.40. The fraction of sp³-hybridized carbons (Fsp3) is 0.500. The van der Waals surface area contributed by atoms with E-state index in [1.165, 1.54) is 19.3 Å². The van der Waals surface area contributed by atoms with Crippen molar-refractivity contribution in [2.75, 3.05) is 6.54 Å². The van der Waals surface area contributed by atoms with E-state index in [-0.39, 0.29) is 5.84 Å². The molecule has 0 heterocycles. The number of nitrogens with zero attached hydrogens (tertiary/aromatic N) is 1. The van der Waals surface area contributed by atoms with Crippen molar-refractivity contribution in [1.29, 1.82) is 0 Å². The summed E-state index contributed by atoms with van der Waals surface area (Å²) in [6.07, 6.45) is 4.01. The molecule has 0 saturated heterocycles. The number of nitrogens with two attached hydrogens (primary N) is 1. The first-order chi connectivity index (χ1) is 8.63. The lowest BCUT2D eigenvalue weighted by Gasteiger charge is -2.38. The third-order valence-corrected chi connectivity index (χ3v) is 3.77. The number of nitrogens with one attached hydrogen (secondary N) is 1. The van der Waals surface area contributed by atoms with Crippen LogP contribution in [0.15, 0.2) is 29.4 Å². The summed E-state index contributed by atoms with van der Waals surface area (Å²) >= 11 is 0. The lowest BCUT2D eigenvalue weighted by Crippen LogP contribution is -2.37. The van der Waals surface area contributed by atoms with E-state index in [1.807, 2.05) is 24.3 Å². The van der Waals surface area contributed by atoms with Crippen LogP contribution in [0.4, 0.5) is 0 Å². The highest BCUT2D eigenvalue weighted by Crippen LogP contribution is 2.39. The Bertz CT molecular complexity index is 438. The Hall–Kier alpha value is -1.55. The Morgan fingerprint density at radius 3 is 2.89 bits per heavy atom. The second-order valence-corrected chi connectivity index (χ2v) is 5.45. The van der Waals surface area contributed by atoms with Gasteiger partial charge in [0.25, 0.3) is 0 Å². The maximum atomic E-state index is 8.65. The molecule has 4 nitrogen and oxygen atoms in total. The average Bonchev–Trinajstić information content (AvgIpc) is 2.36. The highest BCUT2D eigenvalue weighted by atomic mass is 16.4. The Kier molecular flexibility index (Phi) is 3.87. The van der Waals surface area contributed by atoms with E-state index in [2.05, 4.69) is 17.4 Å². The molecule has 18 heavy (non-hydrogen) atoms. The van der Waals surface area contributed by atoms with Crippen molar-refractivity contribution in [3.05, 3.63) is 35.4 Å². The molecule has 0 spiro atoms. The Labute approximate surface area is 108 Å². The van der Waals surface area contributed by atoms with Gasteiger partial charge in [-0.2, -0.15) is 0 Å². The van der Waals surface area contributed by atoms with E-state index in [9.17, 15) is 0 Å². The van der Waals surface area contributed by atoms with E-state index in [0.717, 1.165) is 24.2 Å². The summed E-state index contributed by atoms with van der Waals surface area (Å²) in [6.45, 7) is 4.21. The maximum Gasteiger partial charge on any atom is 0.170 e. The van der Waals surface area contributed by atoms with E-state index >= 15 is 0 Å². The van der Waals surface area contributed by atoms with Gasteiger partial charge in [0.05, 0.1) is 0 Å². The van der Waals surface area contributed by atoms with Crippen LogP contribution in [0.2, 0.25) is 0 Å². The van der Waals surface area contributed by atoms with E-state index in [0.29, 0.717) is 5.41 Å². The maximum absolute atomic E-state index is 8.65. The Morgan fingerprint density at radius 1 is 1.50 bits per heavy atom. The standard InChI is InChI=1S/C14H21N3O/c1-14(6-3-7-14)10-16-9-11-4-2-5-12(8-11)13(15)17-18/h2,4-5,8,16,18H,3,6-7,9-10H2,1H3,(H2,15,17). The Morgan fingerprint density at radius 2 is 2.28 bits per heavy atom. The van der Waals surface area contributed by atoms with Gasteiger partial charge >= 0.3 is 0 Å². The number of hydrogen-bond acceptors (Lipinski definition) is 3. The predicted octanol–water partition coefficient (Wildman–Crippen LogP) is 2.06. The number of hydrogen-bond donors (Lipinski definition) is 3. The topological polar surface area (TPSA) is 70.6 Å². The molecule has 0 bridgehead atoms. The molecule has 98 valence electrons. The molecule has 0 aliphatic heterocycles. The van der Waals surface area contributed by atoms with E-state index in [4.69, 9.17) is 10.9 Å². The van der Waals surface area contributed by atoms with Crippen molar-refractivity contribution < 1.29 is 5.21 Å². The number of rotatable bonds is 5. The SMILES string of the molecule is CC1(CNCc2cccc(/C(N)=N/O)c2)CCC1. The zero-order valence-corrected chi connectivity index (χ0v) is 10.8. The molecule has 1 aliphatic rings. The third-order valence-electron chi connectivity index (χ3n) is 3.77. The molecule has 1 fully saturated rings. The van der Waals surface area contributed by atoms with Gasteiger partial charge in [-0.25, -0.2) is 0 Å². The van der Waals surface area contributed by atoms with Crippen LogP contribution in [-0.4, -0.2) is 17.6 Å². The summed E-state index contributed by atoms with van der Waals surface area (Å²) in [5.41, 5.74) is 7.97. The number of benzene rings is 1. The summed E-state index contributed by atoms with van der Waals surface area (Å²) in [5.74, 6) is 0.155. The van der Waals surface area contributed by atoms with Crippen LogP contribution in [0.25, 0.3) is 0 Å². The van der Waals surface area contributed by atoms with Crippen LogP contribution in [0.3, 0.4) is 0 Å². The van der Waals surface area contributed by atoms with Gasteiger partial charge in [-0.1, -0.05) is 36.7 Å². The van der Waals surface area contributed by atoms with Gasteiger partial charge in [-0.05, 0) is 29.9 Å². The molecule has 0 unspecified atom stereocenters. The van der Waals surface area contributed by atoms with Crippen molar-refractivity contribution in [2.45, 2.75) is 32.7 Å². The minimum atomic E-state index is 0.155. The first kappa shape index (κ1) is 12.9. The molecular weight excluding hydrogens is 226 g/mol. The van der Waals surface area contributed by atoms with E-state index < -0.39 is 0 Å². The smallest absolute Gasteiger partial charge is 0.170 e. The molecule has 1 aromatic rings. The molecule has 0 atom stereocenters. The highest BCUT2D eigenvalue weighted by molar-refractivity contribution is 5.97. The van der Waals surface area contributed by atoms with Crippen molar-refractivity contribution >= 4 is 5.84 Å². The van der Waals surface area contributed by atoms with Gasteiger partial charge in [0.2, 0.25) is 0 Å². The average molecular weight is 247 g/mol. The highest BCUT2D eigenvalue weighted by Gasteiger charge is 2.30. The van der Waals surface area contributed by atoms with Crippen LogP contribution in [0, 0.1) is 5.41 Å². The Balaban J connectivity index is 1.89. The molecule has 2 rings (SSSR count). The summed E-state index contributed by atoms with van der Waals surface area (Å²) < 4.78 is 0. The van der Waals surface area contributed by atoms with Crippen molar-refractivity contribution in [3.8, 4) is 0 Å². The summed E-state index contributed by atoms with van der Waals surface area (Å²) in [6, 6.07) is 7.76. The van der Waals surface area contributed by atoms with Crippen molar-refractivity contribution in [1.82, 2.24) is 5.32 Å². The first-order valence-corrected chi connectivity index (χ1v) is 6.40. The zero-order chi connectivity index (χ0) is 13.0. The molecule has 0 aromatic heterocycles. The van der Waals surface area contributed by atoms with Crippen LogP contribution in [0.1, 0.15) is 37.3 Å². The molecule has 0 amide bonds. The second kappa shape index (κ2) is 5.40. The zero-order valence-electron chi connectivity index (χ0n) is 10.8. The minimum absolute atomic E-state index is 0.155. The summed E-state index contributed by atoms with van der Waals surface area (Å²) in [4.78, 5) is 0. The van der Waals surface area contributed by atoms with Gasteiger partial charge in [0.1, 0.15) is 0 Å². The number of oxime groups is 1. The monoisotopic (exact) mass is 247 g/mol. The summed E-state index contributed by atoms with van der Waals surface area (Å²) in [5, 5.41) is 15.1. The second-order valence-electron chi connectivity index (χ2n) is 5.45. The number of amidine groups is 1. The van der Waals surface area contributed by atoms with Gasteiger partial charge in [0, 0.05) is 18.7 Å². The van der Waals surface area contributed by atoms with Crippen molar-refractivity contribution in [2.24, 2.45) is 16.3 Å².